The van der Waals surface area contributed by atoms with E-state index in [1.165, 1.54) is 0 Å². The standard InChI is InChI=1S/C23H32N2O4/c1-5-23(17-9-7-6-8-10-17)20(27)25(21(28)24-23)15-19(26)29-18-13-11-16(12-14-18)22(2,3)4/h6-10,16,18H,5,11-15H2,1-4H3,(H,24,28). The van der Waals surface area contributed by atoms with Crippen LogP contribution in [0.5, 0.6) is 0 Å². The molecule has 1 saturated carbocycles. The first kappa shape index (κ1) is 21.3. The molecule has 0 bridgehead atoms. The number of rotatable bonds is 5. The molecule has 1 atom stereocenters. The SMILES string of the molecule is CCC1(c2ccccc2)NC(=O)N(CC(=O)OC2CCC(C(C)(C)C)CC2)C1=O. The zero-order valence-electron chi connectivity index (χ0n) is 17.9. The fourth-order valence-electron chi connectivity index (χ4n) is 4.53. The molecule has 1 aromatic rings. The average Bonchev–Trinajstić information content (AvgIpc) is 2.93. The molecule has 1 aromatic carbocycles. The van der Waals surface area contributed by atoms with E-state index < -0.39 is 23.4 Å². The summed E-state index contributed by atoms with van der Waals surface area (Å²) in [4.78, 5) is 39.0. The van der Waals surface area contributed by atoms with Crippen LogP contribution in [0.1, 0.15) is 65.4 Å². The van der Waals surface area contributed by atoms with Gasteiger partial charge in [0, 0.05) is 0 Å². The van der Waals surface area contributed by atoms with E-state index in [2.05, 4.69) is 26.1 Å². The van der Waals surface area contributed by atoms with E-state index in [1.54, 1.807) is 0 Å². The highest BCUT2D eigenvalue weighted by atomic mass is 16.5. The van der Waals surface area contributed by atoms with Gasteiger partial charge in [-0.1, -0.05) is 58.0 Å². The number of urea groups is 1. The van der Waals surface area contributed by atoms with Crippen LogP contribution in [0.3, 0.4) is 0 Å². The van der Waals surface area contributed by atoms with Crippen molar-refractivity contribution in [1.29, 1.82) is 0 Å². The number of carbonyl (C=O) groups excluding carboxylic acids is 3. The van der Waals surface area contributed by atoms with Gasteiger partial charge in [0.2, 0.25) is 0 Å². The molecule has 0 radical (unpaired) electrons. The predicted molar refractivity (Wildman–Crippen MR) is 110 cm³/mol. The van der Waals surface area contributed by atoms with Crippen LogP contribution in [0.2, 0.25) is 0 Å². The van der Waals surface area contributed by atoms with Crippen LogP contribution in [0, 0.1) is 11.3 Å². The number of hydrogen-bond donors (Lipinski definition) is 1. The highest BCUT2D eigenvalue weighted by molar-refractivity contribution is 6.09. The Kier molecular flexibility index (Phi) is 6.01. The zero-order chi connectivity index (χ0) is 21.2. The van der Waals surface area contributed by atoms with Crippen molar-refractivity contribution in [3.63, 3.8) is 0 Å². The topological polar surface area (TPSA) is 75.7 Å². The third-order valence-electron chi connectivity index (χ3n) is 6.46. The summed E-state index contributed by atoms with van der Waals surface area (Å²) in [5.41, 5.74) is -0.142. The summed E-state index contributed by atoms with van der Waals surface area (Å²) in [5.74, 6) is -0.295. The van der Waals surface area contributed by atoms with Crippen molar-refractivity contribution in [1.82, 2.24) is 10.2 Å². The molecule has 6 heteroatoms. The van der Waals surface area contributed by atoms with Gasteiger partial charge in [-0.3, -0.25) is 14.5 Å². The van der Waals surface area contributed by atoms with E-state index in [-0.39, 0.29) is 18.1 Å². The lowest BCUT2D eigenvalue weighted by atomic mass is 9.72. The van der Waals surface area contributed by atoms with Crippen molar-refractivity contribution in [2.45, 2.75) is 71.4 Å². The molecule has 3 amide bonds. The van der Waals surface area contributed by atoms with E-state index >= 15 is 0 Å². The Balaban J connectivity index is 1.61. The van der Waals surface area contributed by atoms with Crippen molar-refractivity contribution in [2.75, 3.05) is 6.54 Å². The van der Waals surface area contributed by atoms with Crippen LogP contribution in [0.15, 0.2) is 30.3 Å². The fraction of sp³-hybridized carbons (Fsp3) is 0.609. The molecule has 1 heterocycles. The van der Waals surface area contributed by atoms with Gasteiger partial charge in [-0.15, -0.1) is 0 Å². The highest BCUT2D eigenvalue weighted by Crippen LogP contribution is 2.38. The van der Waals surface area contributed by atoms with Gasteiger partial charge < -0.3 is 10.1 Å². The second kappa shape index (κ2) is 8.17. The van der Waals surface area contributed by atoms with Gasteiger partial charge in [0.05, 0.1) is 0 Å². The molecule has 2 aliphatic rings. The molecule has 3 rings (SSSR count). The average molecular weight is 401 g/mol. The maximum atomic E-state index is 13.1. The lowest BCUT2D eigenvalue weighted by Crippen LogP contribution is -2.44. The minimum absolute atomic E-state index is 0.132. The van der Waals surface area contributed by atoms with Crippen LogP contribution in [-0.2, 0) is 19.9 Å². The number of hydrogen-bond acceptors (Lipinski definition) is 4. The number of ether oxygens (including phenoxy) is 1. The first-order valence-electron chi connectivity index (χ1n) is 10.6. The predicted octanol–water partition coefficient (Wildman–Crippen LogP) is 3.99. The van der Waals surface area contributed by atoms with Gasteiger partial charge in [-0.25, -0.2) is 4.79 Å². The Morgan fingerprint density at radius 2 is 1.76 bits per heavy atom. The Labute approximate surface area is 173 Å². The van der Waals surface area contributed by atoms with Gasteiger partial charge >= 0.3 is 12.0 Å². The molecule has 29 heavy (non-hydrogen) atoms. The first-order valence-corrected chi connectivity index (χ1v) is 10.6. The number of esters is 1. The molecule has 1 aliphatic carbocycles. The Hall–Kier alpha value is -2.37. The summed E-state index contributed by atoms with van der Waals surface area (Å²) >= 11 is 0. The maximum Gasteiger partial charge on any atom is 0.326 e. The molecule has 1 aliphatic heterocycles. The minimum Gasteiger partial charge on any atom is -0.461 e. The third kappa shape index (κ3) is 4.31. The molecule has 1 saturated heterocycles. The third-order valence-corrected chi connectivity index (χ3v) is 6.46. The number of amides is 3. The van der Waals surface area contributed by atoms with Crippen LogP contribution < -0.4 is 5.32 Å². The first-order chi connectivity index (χ1) is 13.7. The van der Waals surface area contributed by atoms with Crippen molar-refractivity contribution in [3.8, 4) is 0 Å². The Morgan fingerprint density at radius 1 is 1.14 bits per heavy atom. The van der Waals surface area contributed by atoms with Gasteiger partial charge in [0.25, 0.3) is 5.91 Å². The van der Waals surface area contributed by atoms with E-state index in [1.807, 2.05) is 37.3 Å². The number of carbonyl (C=O) groups is 3. The Bertz CT molecular complexity index is 763. The van der Waals surface area contributed by atoms with Crippen molar-refractivity contribution in [3.05, 3.63) is 35.9 Å². The number of nitrogens with one attached hydrogen (secondary N) is 1. The second-order valence-corrected chi connectivity index (χ2v) is 9.28. The number of imide groups is 1. The monoisotopic (exact) mass is 400 g/mol. The van der Waals surface area contributed by atoms with Crippen LogP contribution in [0.25, 0.3) is 0 Å². The van der Waals surface area contributed by atoms with E-state index in [9.17, 15) is 14.4 Å². The van der Waals surface area contributed by atoms with Gasteiger partial charge in [0.15, 0.2) is 0 Å². The van der Waals surface area contributed by atoms with Crippen LogP contribution in [0.4, 0.5) is 4.79 Å². The molecular formula is C23H32N2O4. The zero-order valence-corrected chi connectivity index (χ0v) is 17.9. The molecular weight excluding hydrogens is 368 g/mol. The van der Waals surface area contributed by atoms with Gasteiger partial charge in [0.1, 0.15) is 18.2 Å². The number of nitrogens with zero attached hydrogens (tertiary/aromatic N) is 1. The summed E-state index contributed by atoms with van der Waals surface area (Å²) in [6.45, 7) is 8.23. The van der Waals surface area contributed by atoms with E-state index in [0.29, 0.717) is 12.3 Å². The summed E-state index contributed by atoms with van der Waals surface area (Å²) < 4.78 is 5.61. The van der Waals surface area contributed by atoms with Crippen LogP contribution >= 0.6 is 0 Å². The highest BCUT2D eigenvalue weighted by Gasteiger charge is 2.51. The van der Waals surface area contributed by atoms with E-state index in [4.69, 9.17) is 4.74 Å². The quantitative estimate of drug-likeness (QED) is 0.599. The summed E-state index contributed by atoms with van der Waals surface area (Å²) in [5, 5.41) is 2.79. The van der Waals surface area contributed by atoms with Gasteiger partial charge in [-0.2, -0.15) is 0 Å². The maximum absolute atomic E-state index is 13.1. The molecule has 0 spiro atoms. The van der Waals surface area contributed by atoms with Crippen molar-refractivity contribution in [2.24, 2.45) is 11.3 Å². The second-order valence-electron chi connectivity index (χ2n) is 9.28. The summed E-state index contributed by atoms with van der Waals surface area (Å²) in [6, 6.07) is 8.61. The molecule has 6 nitrogen and oxygen atoms in total. The lowest BCUT2D eigenvalue weighted by Gasteiger charge is -2.36. The minimum atomic E-state index is -1.12. The molecule has 0 aromatic heterocycles. The lowest BCUT2D eigenvalue weighted by molar-refractivity contribution is -0.154. The molecule has 1 unspecified atom stereocenters. The van der Waals surface area contributed by atoms with Crippen molar-refractivity contribution >= 4 is 17.9 Å². The normalized spacial score (nSPS) is 27.7. The van der Waals surface area contributed by atoms with Gasteiger partial charge in [-0.05, 0) is 49.0 Å². The summed E-state index contributed by atoms with van der Waals surface area (Å²) in [7, 11) is 0. The smallest absolute Gasteiger partial charge is 0.326 e. The van der Waals surface area contributed by atoms with Crippen LogP contribution in [-0.4, -0.2) is 35.5 Å². The molecule has 2 fully saturated rings. The number of benzene rings is 1. The Morgan fingerprint density at radius 3 is 2.31 bits per heavy atom. The largest absolute Gasteiger partial charge is 0.461 e. The van der Waals surface area contributed by atoms with Crippen molar-refractivity contribution < 1.29 is 19.1 Å². The molecule has 158 valence electrons. The summed E-state index contributed by atoms with van der Waals surface area (Å²) in [6.07, 6.45) is 3.99. The fourth-order valence-corrected chi connectivity index (χ4v) is 4.53. The molecule has 1 N–H and O–H groups in total. The van der Waals surface area contributed by atoms with E-state index in [0.717, 1.165) is 36.1 Å².